The number of carboxylic acids is 1. The highest BCUT2D eigenvalue weighted by Crippen LogP contribution is 2.20. The van der Waals surface area contributed by atoms with Gasteiger partial charge in [-0.05, 0) is 30.4 Å². The zero-order chi connectivity index (χ0) is 13.8. The Morgan fingerprint density at radius 1 is 1.47 bits per heavy atom. The summed E-state index contributed by atoms with van der Waals surface area (Å²) in [5, 5.41) is 8.96. The molecule has 0 aromatic heterocycles. The van der Waals surface area contributed by atoms with Crippen molar-refractivity contribution in [2.45, 2.75) is 12.2 Å². The van der Waals surface area contributed by atoms with Crippen molar-refractivity contribution in [3.8, 4) is 0 Å². The van der Waals surface area contributed by atoms with Gasteiger partial charge in [-0.15, -0.1) is 0 Å². The minimum atomic E-state index is -0.813. The van der Waals surface area contributed by atoms with Crippen LogP contribution in [0.4, 0.5) is 0 Å². The Bertz CT molecular complexity index is 489. The molecular formula is C14H17NO3S. The van der Waals surface area contributed by atoms with E-state index in [-0.39, 0.29) is 5.91 Å². The zero-order valence-corrected chi connectivity index (χ0v) is 11.7. The monoisotopic (exact) mass is 279 g/mol. The molecule has 5 heteroatoms. The number of carbonyl (C=O) groups excluding carboxylic acids is 1. The van der Waals surface area contributed by atoms with E-state index in [2.05, 4.69) is 0 Å². The fraction of sp³-hybridized carbons (Fsp3) is 0.429. The highest BCUT2D eigenvalue weighted by atomic mass is 32.2. The average molecular weight is 279 g/mol. The first kappa shape index (κ1) is 13.9. The molecule has 1 fully saturated rings. The van der Waals surface area contributed by atoms with Gasteiger partial charge in [-0.3, -0.25) is 9.59 Å². The lowest BCUT2D eigenvalue weighted by Gasteiger charge is -2.16. The van der Waals surface area contributed by atoms with Gasteiger partial charge in [0, 0.05) is 24.4 Å². The summed E-state index contributed by atoms with van der Waals surface area (Å²) < 4.78 is 0. The molecule has 1 N–H and O–H groups in total. The van der Waals surface area contributed by atoms with E-state index < -0.39 is 11.9 Å². The number of aliphatic carboxylic acids is 1. The van der Waals surface area contributed by atoms with Gasteiger partial charge in [0.05, 0.1) is 5.92 Å². The molecule has 0 bridgehead atoms. The normalized spacial score (nSPS) is 18.6. The number of carbonyl (C=O) groups is 2. The van der Waals surface area contributed by atoms with Crippen LogP contribution in [0.3, 0.4) is 0 Å². The van der Waals surface area contributed by atoms with Gasteiger partial charge >= 0.3 is 5.97 Å². The van der Waals surface area contributed by atoms with Crippen molar-refractivity contribution in [1.29, 1.82) is 0 Å². The minimum Gasteiger partial charge on any atom is -0.481 e. The molecular weight excluding hydrogens is 262 g/mol. The lowest BCUT2D eigenvalue weighted by Crippen LogP contribution is -2.29. The van der Waals surface area contributed by atoms with Crippen molar-refractivity contribution in [3.05, 3.63) is 35.4 Å². The number of nitrogens with zero attached hydrogens (tertiary/aromatic N) is 1. The highest BCUT2D eigenvalue weighted by molar-refractivity contribution is 7.97. The van der Waals surface area contributed by atoms with E-state index in [1.807, 2.05) is 24.5 Å². The van der Waals surface area contributed by atoms with Crippen LogP contribution in [0, 0.1) is 5.92 Å². The number of amides is 1. The Labute approximate surface area is 116 Å². The molecule has 1 aliphatic heterocycles. The molecule has 4 nitrogen and oxygen atoms in total. The van der Waals surface area contributed by atoms with E-state index in [1.165, 1.54) is 0 Å². The summed E-state index contributed by atoms with van der Waals surface area (Å²) in [7, 11) is 0. The lowest BCUT2D eigenvalue weighted by atomic mass is 10.1. The van der Waals surface area contributed by atoms with Crippen molar-refractivity contribution in [3.63, 3.8) is 0 Å². The summed E-state index contributed by atoms with van der Waals surface area (Å²) in [5.74, 6) is -0.421. The van der Waals surface area contributed by atoms with Crippen molar-refractivity contribution in [2.75, 3.05) is 19.3 Å². The second-order valence-corrected chi connectivity index (χ2v) is 5.57. The lowest BCUT2D eigenvalue weighted by molar-refractivity contribution is -0.141. The third kappa shape index (κ3) is 3.29. The van der Waals surface area contributed by atoms with E-state index in [4.69, 9.17) is 5.11 Å². The summed E-state index contributed by atoms with van der Waals surface area (Å²) in [5.41, 5.74) is 1.77. The predicted molar refractivity (Wildman–Crippen MR) is 75.3 cm³/mol. The molecule has 1 amide bonds. The number of hydrogen-bond acceptors (Lipinski definition) is 3. The van der Waals surface area contributed by atoms with Gasteiger partial charge < -0.3 is 10.0 Å². The molecule has 0 aliphatic carbocycles. The second kappa shape index (κ2) is 6.10. The molecule has 1 saturated heterocycles. The van der Waals surface area contributed by atoms with Crippen LogP contribution in [-0.2, 0) is 10.5 Å². The average Bonchev–Trinajstić information content (AvgIpc) is 2.88. The van der Waals surface area contributed by atoms with Crippen LogP contribution in [0.5, 0.6) is 0 Å². The van der Waals surface area contributed by atoms with E-state index in [1.54, 1.807) is 22.7 Å². The van der Waals surface area contributed by atoms with Crippen LogP contribution in [0.2, 0.25) is 0 Å². The Balaban J connectivity index is 2.08. The molecule has 0 saturated carbocycles. The van der Waals surface area contributed by atoms with Gasteiger partial charge in [-0.25, -0.2) is 0 Å². The number of benzene rings is 1. The zero-order valence-electron chi connectivity index (χ0n) is 10.8. The molecule has 1 heterocycles. The van der Waals surface area contributed by atoms with E-state index in [0.717, 1.165) is 11.3 Å². The van der Waals surface area contributed by atoms with Gasteiger partial charge in [-0.2, -0.15) is 11.8 Å². The van der Waals surface area contributed by atoms with Gasteiger partial charge in [0.2, 0.25) is 0 Å². The van der Waals surface area contributed by atoms with Crippen LogP contribution >= 0.6 is 11.8 Å². The minimum absolute atomic E-state index is 0.0632. The Morgan fingerprint density at radius 3 is 2.89 bits per heavy atom. The van der Waals surface area contributed by atoms with E-state index in [9.17, 15) is 9.59 Å². The van der Waals surface area contributed by atoms with Crippen molar-refractivity contribution in [2.24, 2.45) is 5.92 Å². The molecule has 1 aromatic carbocycles. The number of likely N-dealkylation sites (tertiary alicyclic amines) is 1. The molecule has 0 spiro atoms. The highest BCUT2D eigenvalue weighted by Gasteiger charge is 2.31. The van der Waals surface area contributed by atoms with Crippen LogP contribution in [0.1, 0.15) is 22.3 Å². The maximum Gasteiger partial charge on any atom is 0.308 e. The van der Waals surface area contributed by atoms with Crippen molar-refractivity contribution >= 4 is 23.6 Å². The van der Waals surface area contributed by atoms with E-state index >= 15 is 0 Å². The molecule has 1 aliphatic rings. The summed E-state index contributed by atoms with van der Waals surface area (Å²) in [6, 6.07) is 7.56. The quantitative estimate of drug-likeness (QED) is 0.917. The van der Waals surface area contributed by atoms with Crippen LogP contribution in [0.25, 0.3) is 0 Å². The van der Waals surface area contributed by atoms with Crippen molar-refractivity contribution < 1.29 is 14.7 Å². The van der Waals surface area contributed by atoms with E-state index in [0.29, 0.717) is 25.1 Å². The topological polar surface area (TPSA) is 57.6 Å². The first-order chi connectivity index (χ1) is 9.11. The molecule has 2 rings (SSSR count). The smallest absolute Gasteiger partial charge is 0.308 e. The number of hydrogen-bond donors (Lipinski definition) is 1. The Kier molecular flexibility index (Phi) is 4.47. The summed E-state index contributed by atoms with van der Waals surface area (Å²) in [6.07, 6.45) is 2.57. The van der Waals surface area contributed by atoms with Crippen molar-refractivity contribution in [1.82, 2.24) is 4.90 Å². The standard InChI is InChI=1S/C14H17NO3S/c1-19-9-10-3-2-4-11(7-10)13(16)15-6-5-12(8-15)14(17)18/h2-4,7,12H,5-6,8-9H2,1H3,(H,17,18). The molecule has 102 valence electrons. The Morgan fingerprint density at radius 2 is 2.26 bits per heavy atom. The fourth-order valence-corrected chi connectivity index (χ4v) is 2.80. The first-order valence-corrected chi connectivity index (χ1v) is 7.61. The van der Waals surface area contributed by atoms with Crippen LogP contribution < -0.4 is 0 Å². The maximum absolute atomic E-state index is 12.3. The van der Waals surface area contributed by atoms with Gasteiger partial charge in [-0.1, -0.05) is 12.1 Å². The molecule has 1 aromatic rings. The Hall–Kier alpha value is -1.49. The van der Waals surface area contributed by atoms with Gasteiger partial charge in [0.25, 0.3) is 5.91 Å². The fourth-order valence-electron chi connectivity index (χ4n) is 2.29. The summed E-state index contributed by atoms with van der Waals surface area (Å²) in [6.45, 7) is 0.851. The third-order valence-corrected chi connectivity index (χ3v) is 3.93. The third-order valence-electron chi connectivity index (χ3n) is 3.31. The first-order valence-electron chi connectivity index (χ1n) is 6.21. The largest absolute Gasteiger partial charge is 0.481 e. The summed E-state index contributed by atoms with van der Waals surface area (Å²) in [4.78, 5) is 24.8. The number of thioether (sulfide) groups is 1. The van der Waals surface area contributed by atoms with Crippen LogP contribution in [0.15, 0.2) is 24.3 Å². The molecule has 1 unspecified atom stereocenters. The van der Waals surface area contributed by atoms with Gasteiger partial charge in [0.1, 0.15) is 0 Å². The predicted octanol–water partition coefficient (Wildman–Crippen LogP) is 2.10. The molecule has 19 heavy (non-hydrogen) atoms. The molecule has 1 atom stereocenters. The summed E-state index contributed by atoms with van der Waals surface area (Å²) >= 11 is 1.71. The SMILES string of the molecule is CSCc1cccc(C(=O)N2CCC(C(=O)O)C2)c1. The van der Waals surface area contributed by atoms with Gasteiger partial charge in [0.15, 0.2) is 0 Å². The molecule has 0 radical (unpaired) electrons. The maximum atomic E-state index is 12.3. The number of rotatable bonds is 4. The number of carboxylic acid groups (broad SMARTS) is 1. The van der Waals surface area contributed by atoms with Crippen LogP contribution in [-0.4, -0.2) is 41.2 Å². The second-order valence-electron chi connectivity index (χ2n) is 4.71.